The minimum atomic E-state index is 0.485. The van der Waals surface area contributed by atoms with Gasteiger partial charge in [0.25, 0.3) is 0 Å². The number of fused-ring (bicyclic) bond motifs is 4. The lowest BCUT2D eigenvalue weighted by Gasteiger charge is -2.27. The van der Waals surface area contributed by atoms with Crippen LogP contribution in [0.4, 0.5) is 0 Å². The summed E-state index contributed by atoms with van der Waals surface area (Å²) in [6, 6.07) is 0. The molecular weight excluding hydrogens is 160 g/mol. The predicted octanol–water partition coefficient (Wildman–Crippen LogP) is 2.35. The Bertz CT molecular complexity index is 258. The molecule has 6 atom stereocenters. The molecule has 0 spiro atoms. The van der Waals surface area contributed by atoms with Gasteiger partial charge in [-0.05, 0) is 62.2 Å². The molecule has 5 aliphatic rings. The maximum absolute atomic E-state index is 6.34. The monoisotopic (exact) mass is 176 g/mol. The van der Waals surface area contributed by atoms with Crippen LogP contribution in [0.25, 0.3) is 0 Å². The van der Waals surface area contributed by atoms with E-state index in [0.29, 0.717) is 11.2 Å². The first-order valence-electron chi connectivity index (χ1n) is 6.08. The topological polar surface area (TPSA) is 12.5 Å². The number of rotatable bonds is 0. The highest BCUT2D eigenvalue weighted by Crippen LogP contribution is 2.84. The van der Waals surface area contributed by atoms with Gasteiger partial charge in [0.15, 0.2) is 0 Å². The standard InChI is InChI=1S/C12H16O/c1-2-8-5-7(1)11-9-3-4-10(6-9)12(8,11)13-11/h7-10H,1-6H2/t7-,8-,9-,10+,11?,12?/m1/s1. The largest absolute Gasteiger partial charge is 0.361 e. The van der Waals surface area contributed by atoms with Gasteiger partial charge in [-0.15, -0.1) is 0 Å². The highest BCUT2D eigenvalue weighted by atomic mass is 16.6. The molecule has 5 rings (SSSR count). The van der Waals surface area contributed by atoms with Crippen LogP contribution in [0.1, 0.15) is 38.5 Å². The van der Waals surface area contributed by atoms with Gasteiger partial charge in [-0.25, -0.2) is 0 Å². The van der Waals surface area contributed by atoms with Gasteiger partial charge in [0, 0.05) is 0 Å². The van der Waals surface area contributed by atoms with Gasteiger partial charge in [0.1, 0.15) is 11.2 Å². The smallest absolute Gasteiger partial charge is 0.104 e. The average Bonchev–Trinajstić information content (AvgIpc) is 2.66. The summed E-state index contributed by atoms with van der Waals surface area (Å²) >= 11 is 0. The normalized spacial score (nSPS) is 75.7. The van der Waals surface area contributed by atoms with Crippen molar-refractivity contribution in [2.45, 2.75) is 49.7 Å². The van der Waals surface area contributed by atoms with Gasteiger partial charge in [0.2, 0.25) is 0 Å². The molecule has 1 nitrogen and oxygen atoms in total. The highest BCUT2D eigenvalue weighted by Gasteiger charge is 2.90. The molecular formula is C12H16O. The fourth-order valence-electron chi connectivity index (χ4n) is 6.05. The number of epoxide rings is 1. The van der Waals surface area contributed by atoms with Crippen molar-refractivity contribution in [3.05, 3.63) is 0 Å². The van der Waals surface area contributed by atoms with Crippen LogP contribution >= 0.6 is 0 Å². The Kier molecular flexibility index (Phi) is 0.743. The van der Waals surface area contributed by atoms with Gasteiger partial charge >= 0.3 is 0 Å². The molecule has 1 saturated heterocycles. The second-order valence-corrected chi connectivity index (χ2v) is 6.10. The van der Waals surface area contributed by atoms with Crippen molar-refractivity contribution < 1.29 is 4.74 Å². The van der Waals surface area contributed by atoms with Crippen molar-refractivity contribution in [1.82, 2.24) is 0 Å². The van der Waals surface area contributed by atoms with Crippen LogP contribution in [0.3, 0.4) is 0 Å². The molecule has 1 heteroatoms. The van der Waals surface area contributed by atoms with Gasteiger partial charge in [-0.3, -0.25) is 0 Å². The molecule has 4 bridgehead atoms. The minimum Gasteiger partial charge on any atom is -0.361 e. The van der Waals surface area contributed by atoms with Crippen LogP contribution in [0.5, 0.6) is 0 Å². The van der Waals surface area contributed by atoms with E-state index in [2.05, 4.69) is 0 Å². The third-order valence-electron chi connectivity index (χ3n) is 6.20. The second-order valence-electron chi connectivity index (χ2n) is 6.10. The lowest BCUT2D eigenvalue weighted by molar-refractivity contribution is 0.0896. The summed E-state index contributed by atoms with van der Waals surface area (Å²) in [6.45, 7) is 0. The Morgan fingerprint density at radius 3 is 1.46 bits per heavy atom. The highest BCUT2D eigenvalue weighted by molar-refractivity contribution is 5.38. The number of ether oxygens (including phenoxy) is 1. The first-order valence-corrected chi connectivity index (χ1v) is 6.08. The van der Waals surface area contributed by atoms with Crippen molar-refractivity contribution in [3.63, 3.8) is 0 Å². The SMILES string of the molecule is C1C[C@@H]2C[C@@H]1C13OC21[C@H]1CC[C@@H]3C1. The first-order chi connectivity index (χ1) is 6.38. The van der Waals surface area contributed by atoms with Gasteiger partial charge < -0.3 is 4.74 Å². The van der Waals surface area contributed by atoms with Crippen LogP contribution in [0.2, 0.25) is 0 Å². The Morgan fingerprint density at radius 1 is 0.692 bits per heavy atom. The third kappa shape index (κ3) is 0.393. The van der Waals surface area contributed by atoms with Crippen molar-refractivity contribution in [2.24, 2.45) is 23.7 Å². The molecule has 0 amide bonds. The zero-order chi connectivity index (χ0) is 8.26. The summed E-state index contributed by atoms with van der Waals surface area (Å²) in [5.41, 5.74) is 0.970. The molecule has 0 radical (unpaired) electrons. The lowest BCUT2D eigenvalue weighted by atomic mass is 9.71. The van der Waals surface area contributed by atoms with E-state index in [0.717, 1.165) is 23.7 Å². The zero-order valence-electron chi connectivity index (χ0n) is 7.96. The van der Waals surface area contributed by atoms with Crippen LogP contribution in [-0.2, 0) is 4.74 Å². The molecule has 4 saturated carbocycles. The third-order valence-corrected chi connectivity index (χ3v) is 6.20. The summed E-state index contributed by atoms with van der Waals surface area (Å²) in [5, 5.41) is 0. The number of hydrogen-bond acceptors (Lipinski definition) is 1. The summed E-state index contributed by atoms with van der Waals surface area (Å²) in [5.74, 6) is 3.97. The van der Waals surface area contributed by atoms with E-state index in [1.54, 1.807) is 0 Å². The minimum absolute atomic E-state index is 0.485. The molecule has 0 aromatic carbocycles. The van der Waals surface area contributed by atoms with Crippen molar-refractivity contribution >= 4 is 0 Å². The van der Waals surface area contributed by atoms with Crippen molar-refractivity contribution in [1.29, 1.82) is 0 Å². The second kappa shape index (κ2) is 1.50. The maximum Gasteiger partial charge on any atom is 0.104 e. The molecule has 5 fully saturated rings. The Labute approximate surface area is 78.8 Å². The van der Waals surface area contributed by atoms with Crippen molar-refractivity contribution in [2.75, 3.05) is 0 Å². The maximum atomic E-state index is 6.34. The summed E-state index contributed by atoms with van der Waals surface area (Å²) in [7, 11) is 0. The fourth-order valence-corrected chi connectivity index (χ4v) is 6.05. The van der Waals surface area contributed by atoms with E-state index in [-0.39, 0.29) is 0 Å². The van der Waals surface area contributed by atoms with E-state index in [4.69, 9.17) is 4.74 Å². The molecule has 2 unspecified atom stereocenters. The molecule has 0 aromatic heterocycles. The zero-order valence-corrected chi connectivity index (χ0v) is 7.96. The van der Waals surface area contributed by atoms with E-state index < -0.39 is 0 Å². The molecule has 1 aliphatic heterocycles. The summed E-state index contributed by atoms with van der Waals surface area (Å²) in [4.78, 5) is 0. The Balaban J connectivity index is 1.78. The van der Waals surface area contributed by atoms with E-state index >= 15 is 0 Å². The van der Waals surface area contributed by atoms with Crippen LogP contribution in [0, 0.1) is 23.7 Å². The Morgan fingerprint density at radius 2 is 1.08 bits per heavy atom. The molecule has 0 aromatic rings. The van der Waals surface area contributed by atoms with Gasteiger partial charge in [-0.2, -0.15) is 0 Å². The summed E-state index contributed by atoms with van der Waals surface area (Å²) < 4.78 is 6.34. The molecule has 1 heterocycles. The van der Waals surface area contributed by atoms with Gasteiger partial charge in [0.05, 0.1) is 0 Å². The van der Waals surface area contributed by atoms with E-state index in [9.17, 15) is 0 Å². The lowest BCUT2D eigenvalue weighted by Crippen LogP contribution is -2.37. The molecule has 13 heavy (non-hydrogen) atoms. The molecule has 0 N–H and O–H groups in total. The predicted molar refractivity (Wildman–Crippen MR) is 48.2 cm³/mol. The molecule has 4 aliphatic carbocycles. The first kappa shape index (κ1) is 6.44. The van der Waals surface area contributed by atoms with E-state index in [1.165, 1.54) is 38.5 Å². The van der Waals surface area contributed by atoms with Crippen LogP contribution in [0.15, 0.2) is 0 Å². The van der Waals surface area contributed by atoms with Gasteiger partial charge in [-0.1, -0.05) is 0 Å². The van der Waals surface area contributed by atoms with Crippen LogP contribution in [-0.4, -0.2) is 11.2 Å². The summed E-state index contributed by atoms with van der Waals surface area (Å²) in [6.07, 6.45) is 9.05. The van der Waals surface area contributed by atoms with E-state index in [1.807, 2.05) is 0 Å². The Hall–Kier alpha value is -0.0400. The average molecular weight is 176 g/mol. The fraction of sp³-hybridized carbons (Fsp3) is 1.00. The quantitative estimate of drug-likeness (QED) is 0.516. The van der Waals surface area contributed by atoms with Crippen molar-refractivity contribution in [3.8, 4) is 0 Å². The molecule has 70 valence electrons. The number of hydrogen-bond donors (Lipinski definition) is 0. The van der Waals surface area contributed by atoms with Crippen LogP contribution < -0.4 is 0 Å².